The Kier molecular flexibility index (Phi) is 4.85. The van der Waals surface area contributed by atoms with Gasteiger partial charge in [0.25, 0.3) is 0 Å². The molecule has 0 heterocycles. The molecular weight excluding hydrogens is 248 g/mol. The standard InChI is InChI=1S/C14H21Br/c1-14(2,3)13-10-5-4-8-12(13)9-6-7-11-15/h4-5,8,10H,6-7,9,11H2,1-3H3. The van der Waals surface area contributed by atoms with Gasteiger partial charge in [0.05, 0.1) is 0 Å². The van der Waals surface area contributed by atoms with Gasteiger partial charge in [0.2, 0.25) is 0 Å². The molecule has 1 heteroatoms. The highest BCUT2D eigenvalue weighted by Gasteiger charge is 2.16. The lowest BCUT2D eigenvalue weighted by molar-refractivity contribution is 0.580. The van der Waals surface area contributed by atoms with Crippen LogP contribution >= 0.6 is 15.9 Å². The number of rotatable bonds is 4. The molecule has 0 saturated heterocycles. The molecule has 0 N–H and O–H groups in total. The minimum atomic E-state index is 0.269. The quantitative estimate of drug-likeness (QED) is 0.549. The maximum atomic E-state index is 3.48. The number of hydrogen-bond acceptors (Lipinski definition) is 0. The van der Waals surface area contributed by atoms with Gasteiger partial charge in [-0.3, -0.25) is 0 Å². The molecule has 0 aliphatic heterocycles. The summed E-state index contributed by atoms with van der Waals surface area (Å²) in [4.78, 5) is 0. The molecule has 0 nitrogen and oxygen atoms in total. The number of benzene rings is 1. The highest BCUT2D eigenvalue weighted by molar-refractivity contribution is 9.09. The van der Waals surface area contributed by atoms with Crippen molar-refractivity contribution >= 4 is 15.9 Å². The predicted molar refractivity (Wildman–Crippen MR) is 71.9 cm³/mol. The zero-order valence-electron chi connectivity index (χ0n) is 10.0. The van der Waals surface area contributed by atoms with Crippen molar-refractivity contribution in [3.05, 3.63) is 35.4 Å². The summed E-state index contributed by atoms with van der Waals surface area (Å²) in [6.45, 7) is 6.86. The Morgan fingerprint density at radius 3 is 2.33 bits per heavy atom. The van der Waals surface area contributed by atoms with Gasteiger partial charge >= 0.3 is 0 Å². The molecule has 0 aliphatic carbocycles. The lowest BCUT2D eigenvalue weighted by Gasteiger charge is -2.22. The summed E-state index contributed by atoms with van der Waals surface area (Å²) in [5, 5.41) is 1.12. The minimum absolute atomic E-state index is 0.269. The first-order valence-corrected chi connectivity index (χ1v) is 6.82. The second-order valence-corrected chi connectivity index (χ2v) is 5.85. The lowest BCUT2D eigenvalue weighted by Crippen LogP contribution is -2.14. The Bertz CT molecular complexity index is 296. The highest BCUT2D eigenvalue weighted by atomic mass is 79.9. The van der Waals surface area contributed by atoms with Crippen molar-refractivity contribution < 1.29 is 0 Å². The number of halogens is 1. The van der Waals surface area contributed by atoms with Crippen LogP contribution in [0.1, 0.15) is 44.7 Å². The first-order chi connectivity index (χ1) is 7.05. The van der Waals surface area contributed by atoms with E-state index in [1.807, 2.05) is 0 Å². The fourth-order valence-corrected chi connectivity index (χ4v) is 2.28. The maximum Gasteiger partial charge on any atom is 0.00314 e. The van der Waals surface area contributed by atoms with Gasteiger partial charge in [-0.05, 0) is 35.8 Å². The summed E-state index contributed by atoms with van der Waals surface area (Å²) in [7, 11) is 0. The second kappa shape index (κ2) is 5.69. The van der Waals surface area contributed by atoms with E-state index in [9.17, 15) is 0 Å². The average molecular weight is 269 g/mol. The van der Waals surface area contributed by atoms with Gasteiger partial charge in [0.15, 0.2) is 0 Å². The molecule has 0 radical (unpaired) electrons. The molecule has 0 amide bonds. The van der Waals surface area contributed by atoms with Crippen LogP contribution < -0.4 is 0 Å². The molecule has 0 fully saturated rings. The van der Waals surface area contributed by atoms with Crippen LogP contribution in [0.25, 0.3) is 0 Å². The van der Waals surface area contributed by atoms with E-state index in [1.54, 1.807) is 0 Å². The molecule has 0 saturated carbocycles. The van der Waals surface area contributed by atoms with E-state index in [-0.39, 0.29) is 5.41 Å². The van der Waals surface area contributed by atoms with Crippen LogP contribution in [0, 0.1) is 0 Å². The van der Waals surface area contributed by atoms with Crippen LogP contribution in [0.5, 0.6) is 0 Å². The smallest absolute Gasteiger partial charge is 0.00314 e. The Hall–Kier alpha value is -0.300. The van der Waals surface area contributed by atoms with Crippen LogP contribution in [-0.2, 0) is 11.8 Å². The van der Waals surface area contributed by atoms with Crippen molar-refractivity contribution in [3.8, 4) is 0 Å². The fraction of sp³-hybridized carbons (Fsp3) is 0.571. The lowest BCUT2D eigenvalue weighted by atomic mass is 9.82. The van der Waals surface area contributed by atoms with Gasteiger partial charge in [0.1, 0.15) is 0 Å². The van der Waals surface area contributed by atoms with E-state index in [0.717, 1.165) is 5.33 Å². The molecule has 84 valence electrons. The molecule has 1 aromatic carbocycles. The molecule has 1 rings (SSSR count). The van der Waals surface area contributed by atoms with Gasteiger partial charge in [-0.25, -0.2) is 0 Å². The van der Waals surface area contributed by atoms with Crippen molar-refractivity contribution in [3.63, 3.8) is 0 Å². The first kappa shape index (κ1) is 12.8. The number of hydrogen-bond donors (Lipinski definition) is 0. The van der Waals surface area contributed by atoms with E-state index in [0.29, 0.717) is 0 Å². The zero-order valence-corrected chi connectivity index (χ0v) is 11.6. The second-order valence-electron chi connectivity index (χ2n) is 5.05. The van der Waals surface area contributed by atoms with Gasteiger partial charge in [-0.15, -0.1) is 0 Å². The third-order valence-electron chi connectivity index (χ3n) is 2.66. The third-order valence-corrected chi connectivity index (χ3v) is 3.22. The number of unbranched alkanes of at least 4 members (excludes halogenated alkanes) is 1. The van der Waals surface area contributed by atoms with Crippen molar-refractivity contribution in [1.82, 2.24) is 0 Å². The molecule has 0 bridgehead atoms. The van der Waals surface area contributed by atoms with Crippen LogP contribution in [0.3, 0.4) is 0 Å². The van der Waals surface area contributed by atoms with Crippen molar-refractivity contribution in [2.24, 2.45) is 0 Å². The van der Waals surface area contributed by atoms with E-state index in [1.165, 1.54) is 30.4 Å². The third kappa shape index (κ3) is 3.98. The summed E-state index contributed by atoms with van der Waals surface area (Å²) >= 11 is 3.48. The van der Waals surface area contributed by atoms with Crippen molar-refractivity contribution in [2.75, 3.05) is 5.33 Å². The molecule has 0 aliphatic rings. The van der Waals surface area contributed by atoms with E-state index < -0.39 is 0 Å². The number of alkyl halides is 1. The van der Waals surface area contributed by atoms with Gasteiger partial charge < -0.3 is 0 Å². The maximum absolute atomic E-state index is 3.48. The normalized spacial score (nSPS) is 11.7. The fourth-order valence-electron chi connectivity index (χ4n) is 1.88. The summed E-state index contributed by atoms with van der Waals surface area (Å²) in [6, 6.07) is 8.84. The van der Waals surface area contributed by atoms with Crippen LogP contribution in [-0.4, -0.2) is 5.33 Å². The first-order valence-electron chi connectivity index (χ1n) is 5.70. The van der Waals surface area contributed by atoms with Gasteiger partial charge in [0, 0.05) is 5.33 Å². The monoisotopic (exact) mass is 268 g/mol. The topological polar surface area (TPSA) is 0 Å². The Morgan fingerprint density at radius 2 is 1.73 bits per heavy atom. The molecule has 0 unspecified atom stereocenters. The van der Waals surface area contributed by atoms with Gasteiger partial charge in [-0.2, -0.15) is 0 Å². The Morgan fingerprint density at radius 1 is 1.07 bits per heavy atom. The summed E-state index contributed by atoms with van der Waals surface area (Å²) < 4.78 is 0. The number of aryl methyl sites for hydroxylation is 1. The Balaban J connectivity index is 2.78. The molecule has 1 aromatic rings. The average Bonchev–Trinajstić information content (AvgIpc) is 2.17. The van der Waals surface area contributed by atoms with E-state index in [2.05, 4.69) is 61.0 Å². The predicted octanol–water partition coefficient (Wildman–Crippen LogP) is 4.70. The zero-order chi connectivity index (χ0) is 11.3. The van der Waals surface area contributed by atoms with E-state index in [4.69, 9.17) is 0 Å². The molecular formula is C14H21Br. The summed E-state index contributed by atoms with van der Waals surface area (Å²) in [5.41, 5.74) is 3.29. The summed E-state index contributed by atoms with van der Waals surface area (Å²) in [6.07, 6.45) is 3.75. The molecule has 0 atom stereocenters. The van der Waals surface area contributed by atoms with Crippen molar-refractivity contribution in [2.45, 2.75) is 45.4 Å². The Labute approximate surface area is 102 Å². The summed E-state index contributed by atoms with van der Waals surface area (Å²) in [5.74, 6) is 0. The highest BCUT2D eigenvalue weighted by Crippen LogP contribution is 2.26. The minimum Gasteiger partial charge on any atom is -0.0928 e. The molecule has 15 heavy (non-hydrogen) atoms. The van der Waals surface area contributed by atoms with Gasteiger partial charge in [-0.1, -0.05) is 61.0 Å². The van der Waals surface area contributed by atoms with Crippen LogP contribution in [0.4, 0.5) is 0 Å². The van der Waals surface area contributed by atoms with Crippen molar-refractivity contribution in [1.29, 1.82) is 0 Å². The SMILES string of the molecule is CC(C)(C)c1ccccc1CCCCBr. The molecule has 0 spiro atoms. The van der Waals surface area contributed by atoms with Crippen LogP contribution in [0.15, 0.2) is 24.3 Å². The van der Waals surface area contributed by atoms with Crippen LogP contribution in [0.2, 0.25) is 0 Å². The van der Waals surface area contributed by atoms with E-state index >= 15 is 0 Å². The largest absolute Gasteiger partial charge is 0.0928 e. The molecule has 0 aromatic heterocycles.